The molecule has 0 heterocycles. The third-order valence-corrected chi connectivity index (χ3v) is 3.56. The second kappa shape index (κ2) is 14.0. The topological polar surface area (TPSA) is 3.24 Å². The fourth-order valence-electron chi connectivity index (χ4n) is 2.39. The van der Waals surface area contributed by atoms with Crippen LogP contribution in [-0.4, -0.2) is 24.5 Å². The van der Waals surface area contributed by atoms with Gasteiger partial charge in [0.2, 0.25) is 0 Å². The first-order chi connectivity index (χ1) is 8.35. The molecule has 1 nitrogen and oxygen atoms in total. The van der Waals surface area contributed by atoms with Gasteiger partial charge in [-0.25, -0.2) is 0 Å². The smallest absolute Gasteiger partial charge is 0.00189 e. The molecule has 0 aromatic carbocycles. The van der Waals surface area contributed by atoms with Crippen molar-refractivity contribution < 1.29 is 0 Å². The Morgan fingerprint density at radius 2 is 1.06 bits per heavy atom. The lowest BCUT2D eigenvalue weighted by molar-refractivity contribution is 0.281. The summed E-state index contributed by atoms with van der Waals surface area (Å²) in [4.78, 5) is 2.58. The lowest BCUT2D eigenvalue weighted by Crippen LogP contribution is -2.25. The standard InChI is InChI=1S/C16H35N/c1-4-7-8-9-10-11-12-13-14-16-17(6-3)15-5-2/h4-16H2,1-3H3. The molecule has 0 saturated heterocycles. The van der Waals surface area contributed by atoms with Gasteiger partial charge in [0.05, 0.1) is 0 Å². The van der Waals surface area contributed by atoms with Crippen molar-refractivity contribution in [1.29, 1.82) is 0 Å². The van der Waals surface area contributed by atoms with Gasteiger partial charge in [-0.2, -0.15) is 0 Å². The minimum absolute atomic E-state index is 1.23. The minimum atomic E-state index is 1.23. The van der Waals surface area contributed by atoms with E-state index in [1.54, 1.807) is 0 Å². The van der Waals surface area contributed by atoms with Crippen LogP contribution in [0.15, 0.2) is 0 Å². The molecular weight excluding hydrogens is 206 g/mol. The molecule has 0 N–H and O–H groups in total. The second-order valence-corrected chi connectivity index (χ2v) is 5.26. The molecule has 104 valence electrons. The van der Waals surface area contributed by atoms with E-state index in [0.717, 1.165) is 0 Å². The highest BCUT2D eigenvalue weighted by Gasteiger charge is 1.99. The van der Waals surface area contributed by atoms with E-state index in [-0.39, 0.29) is 0 Å². The van der Waals surface area contributed by atoms with Crippen molar-refractivity contribution in [3.05, 3.63) is 0 Å². The van der Waals surface area contributed by atoms with Crippen LogP contribution in [0.2, 0.25) is 0 Å². The van der Waals surface area contributed by atoms with Crippen LogP contribution in [0.4, 0.5) is 0 Å². The molecule has 0 radical (unpaired) electrons. The molecule has 0 aliphatic rings. The van der Waals surface area contributed by atoms with Crippen LogP contribution in [0, 0.1) is 0 Å². The maximum atomic E-state index is 2.58. The normalized spacial score (nSPS) is 11.3. The number of hydrogen-bond acceptors (Lipinski definition) is 1. The van der Waals surface area contributed by atoms with E-state index in [4.69, 9.17) is 0 Å². The summed E-state index contributed by atoms with van der Waals surface area (Å²) >= 11 is 0. The Bertz CT molecular complexity index is 133. The Morgan fingerprint density at radius 3 is 1.53 bits per heavy atom. The van der Waals surface area contributed by atoms with Gasteiger partial charge in [-0.1, -0.05) is 72.1 Å². The zero-order valence-corrected chi connectivity index (χ0v) is 12.6. The number of rotatable bonds is 13. The molecule has 0 rings (SSSR count). The van der Waals surface area contributed by atoms with Crippen LogP contribution in [0.1, 0.15) is 85.0 Å². The molecule has 0 atom stereocenters. The quantitative estimate of drug-likeness (QED) is 0.398. The van der Waals surface area contributed by atoms with E-state index >= 15 is 0 Å². The van der Waals surface area contributed by atoms with Gasteiger partial charge in [0.25, 0.3) is 0 Å². The van der Waals surface area contributed by atoms with Crippen LogP contribution in [0.5, 0.6) is 0 Å². The SMILES string of the molecule is CCCCCCCCCCCN(CC)CCC. The first kappa shape index (κ1) is 17.0. The lowest BCUT2D eigenvalue weighted by Gasteiger charge is -2.19. The highest BCUT2D eigenvalue weighted by atomic mass is 15.1. The Hall–Kier alpha value is -0.0400. The van der Waals surface area contributed by atoms with E-state index in [0.29, 0.717) is 0 Å². The zero-order valence-electron chi connectivity index (χ0n) is 12.6. The number of hydrogen-bond donors (Lipinski definition) is 0. The Labute approximate surface area is 110 Å². The monoisotopic (exact) mass is 241 g/mol. The average molecular weight is 241 g/mol. The summed E-state index contributed by atoms with van der Waals surface area (Å²) in [6.07, 6.45) is 14.2. The van der Waals surface area contributed by atoms with Crippen molar-refractivity contribution in [2.75, 3.05) is 19.6 Å². The molecule has 0 amide bonds. The highest BCUT2D eigenvalue weighted by molar-refractivity contribution is 4.55. The second-order valence-electron chi connectivity index (χ2n) is 5.26. The summed E-state index contributed by atoms with van der Waals surface area (Å²) in [5.41, 5.74) is 0. The maximum absolute atomic E-state index is 2.58. The predicted octanol–water partition coefficient (Wildman–Crippen LogP) is 5.25. The Morgan fingerprint density at radius 1 is 0.529 bits per heavy atom. The molecular formula is C16H35N. The molecule has 0 fully saturated rings. The van der Waals surface area contributed by atoms with Crippen LogP contribution in [-0.2, 0) is 0 Å². The summed E-state index contributed by atoms with van der Waals surface area (Å²) < 4.78 is 0. The largest absolute Gasteiger partial charge is 0.304 e. The van der Waals surface area contributed by atoms with Gasteiger partial charge in [-0.3, -0.25) is 0 Å². The molecule has 0 unspecified atom stereocenters. The van der Waals surface area contributed by atoms with Gasteiger partial charge >= 0.3 is 0 Å². The fraction of sp³-hybridized carbons (Fsp3) is 1.00. The highest BCUT2D eigenvalue weighted by Crippen LogP contribution is 2.09. The summed E-state index contributed by atoms with van der Waals surface area (Å²) in [6.45, 7) is 10.7. The Balaban J connectivity index is 3.11. The van der Waals surface area contributed by atoms with Gasteiger partial charge in [-0.05, 0) is 32.5 Å². The van der Waals surface area contributed by atoms with Crippen molar-refractivity contribution in [2.45, 2.75) is 85.0 Å². The third-order valence-electron chi connectivity index (χ3n) is 3.56. The van der Waals surface area contributed by atoms with Crippen LogP contribution in [0.3, 0.4) is 0 Å². The van der Waals surface area contributed by atoms with E-state index < -0.39 is 0 Å². The minimum Gasteiger partial charge on any atom is -0.304 e. The molecule has 0 spiro atoms. The first-order valence-corrected chi connectivity index (χ1v) is 8.07. The fourth-order valence-corrected chi connectivity index (χ4v) is 2.39. The zero-order chi connectivity index (χ0) is 12.8. The van der Waals surface area contributed by atoms with Crippen LogP contribution >= 0.6 is 0 Å². The van der Waals surface area contributed by atoms with Crippen molar-refractivity contribution in [1.82, 2.24) is 4.90 Å². The summed E-state index contributed by atoms with van der Waals surface area (Å²) in [5.74, 6) is 0. The van der Waals surface area contributed by atoms with E-state index in [1.165, 1.54) is 83.8 Å². The van der Waals surface area contributed by atoms with Crippen molar-refractivity contribution in [2.24, 2.45) is 0 Å². The molecule has 17 heavy (non-hydrogen) atoms. The number of nitrogens with zero attached hydrogens (tertiary/aromatic N) is 1. The van der Waals surface area contributed by atoms with E-state index in [1.807, 2.05) is 0 Å². The van der Waals surface area contributed by atoms with Gasteiger partial charge < -0.3 is 4.90 Å². The van der Waals surface area contributed by atoms with Crippen molar-refractivity contribution in [3.8, 4) is 0 Å². The van der Waals surface area contributed by atoms with Crippen LogP contribution < -0.4 is 0 Å². The lowest BCUT2D eigenvalue weighted by atomic mass is 10.1. The summed E-state index contributed by atoms with van der Waals surface area (Å²) in [7, 11) is 0. The Kier molecular flexibility index (Phi) is 14.0. The third kappa shape index (κ3) is 12.2. The number of unbranched alkanes of at least 4 members (excludes halogenated alkanes) is 8. The summed E-state index contributed by atoms with van der Waals surface area (Å²) in [5, 5.41) is 0. The maximum Gasteiger partial charge on any atom is -0.00189 e. The van der Waals surface area contributed by atoms with Crippen molar-refractivity contribution >= 4 is 0 Å². The molecule has 0 aliphatic heterocycles. The van der Waals surface area contributed by atoms with Gasteiger partial charge in [-0.15, -0.1) is 0 Å². The molecule has 0 aliphatic carbocycles. The average Bonchev–Trinajstić information content (AvgIpc) is 2.35. The van der Waals surface area contributed by atoms with Crippen molar-refractivity contribution in [3.63, 3.8) is 0 Å². The first-order valence-electron chi connectivity index (χ1n) is 8.07. The van der Waals surface area contributed by atoms with Crippen LogP contribution in [0.25, 0.3) is 0 Å². The molecule has 0 aromatic rings. The molecule has 0 saturated carbocycles. The molecule has 0 bridgehead atoms. The van der Waals surface area contributed by atoms with Gasteiger partial charge in [0.1, 0.15) is 0 Å². The summed E-state index contributed by atoms with van der Waals surface area (Å²) in [6, 6.07) is 0. The van der Waals surface area contributed by atoms with E-state index in [9.17, 15) is 0 Å². The van der Waals surface area contributed by atoms with E-state index in [2.05, 4.69) is 25.7 Å². The molecule has 0 aromatic heterocycles. The predicted molar refractivity (Wildman–Crippen MR) is 79.6 cm³/mol. The van der Waals surface area contributed by atoms with Gasteiger partial charge in [0, 0.05) is 0 Å². The molecule has 1 heteroatoms. The van der Waals surface area contributed by atoms with Gasteiger partial charge in [0.15, 0.2) is 0 Å².